The minimum absolute atomic E-state index is 0. The average molecular weight is 205 g/mol. The van der Waals surface area contributed by atoms with Gasteiger partial charge >= 0.3 is 17.1 Å². The van der Waals surface area contributed by atoms with Crippen molar-refractivity contribution in [1.82, 2.24) is 0 Å². The van der Waals surface area contributed by atoms with Crippen LogP contribution in [0.1, 0.15) is 0 Å². The second-order valence-electron chi connectivity index (χ2n) is 1.66. The SMILES string of the molecule is [C]1=C=C=C=[C-]1.[Fe+2].[O-]C=C1C#CC#C1. The monoisotopic (exact) mass is 205 g/mol. The van der Waals surface area contributed by atoms with Gasteiger partial charge in [-0.2, -0.15) is 0 Å². The summed E-state index contributed by atoms with van der Waals surface area (Å²) in [5.41, 5.74) is 7.89. The molecule has 0 bridgehead atoms. The summed E-state index contributed by atoms with van der Waals surface area (Å²) in [5.74, 6) is 9.85. The van der Waals surface area contributed by atoms with Crippen LogP contribution in [0.3, 0.4) is 0 Å². The van der Waals surface area contributed by atoms with Crippen molar-refractivity contribution in [3.05, 3.63) is 41.2 Å². The second-order valence-corrected chi connectivity index (χ2v) is 1.66. The van der Waals surface area contributed by atoms with Crippen LogP contribution >= 0.6 is 0 Å². The molecule has 0 fully saturated rings. The summed E-state index contributed by atoms with van der Waals surface area (Å²) < 4.78 is 0. The normalized spacial score (nSPS) is 10.3. The van der Waals surface area contributed by atoms with Crippen LogP contribution in [0.25, 0.3) is 0 Å². The van der Waals surface area contributed by atoms with Gasteiger partial charge in [-0.25, -0.2) is 5.73 Å². The van der Waals surface area contributed by atoms with E-state index in [9.17, 15) is 5.11 Å². The third-order valence-corrected chi connectivity index (χ3v) is 0.887. The van der Waals surface area contributed by atoms with Gasteiger partial charge in [0.2, 0.25) is 0 Å². The smallest absolute Gasteiger partial charge is 0.877 e. The molecule has 0 heterocycles. The fraction of sp³-hybridized carbons (Fsp3) is 0. The Labute approximate surface area is 87.3 Å². The Balaban J connectivity index is 0.000000215. The molecule has 2 aliphatic carbocycles. The number of allylic oxidation sites excluding steroid dienone is 3. The van der Waals surface area contributed by atoms with Crippen molar-refractivity contribution in [2.24, 2.45) is 0 Å². The molecule has 0 saturated heterocycles. The Morgan fingerprint density at radius 1 is 1.15 bits per heavy atom. The Morgan fingerprint density at radius 2 is 1.85 bits per heavy atom. The predicted octanol–water partition coefficient (Wildman–Crippen LogP) is -0.124. The fourth-order valence-electron chi connectivity index (χ4n) is 0.444. The average Bonchev–Trinajstić information content (AvgIpc) is 2.81. The molecule has 59 valence electrons. The minimum Gasteiger partial charge on any atom is -0.877 e. The molecule has 0 spiro atoms. The maximum Gasteiger partial charge on any atom is 2.00 e. The van der Waals surface area contributed by atoms with Gasteiger partial charge in [-0.3, -0.25) is 11.5 Å². The standard InChI is InChI=1S/C6H2O.C5.Fe/c7-5-6-3-1-2-4-6;1-2-4-5-3-1;/h5,7H;;/q;-1;+2/p-1. The molecule has 0 unspecified atom stereocenters. The summed E-state index contributed by atoms with van der Waals surface area (Å²) in [4.78, 5) is 0. The van der Waals surface area contributed by atoms with Gasteiger partial charge in [-0.1, -0.05) is 0 Å². The third-order valence-electron chi connectivity index (χ3n) is 0.887. The Morgan fingerprint density at radius 3 is 2.08 bits per heavy atom. The molecular weight excluding hydrogens is 204 g/mol. The molecule has 13 heavy (non-hydrogen) atoms. The molecule has 2 aliphatic rings. The number of rotatable bonds is 0. The van der Waals surface area contributed by atoms with Crippen molar-refractivity contribution < 1.29 is 22.2 Å². The largest absolute Gasteiger partial charge is 2.00 e. The predicted molar refractivity (Wildman–Crippen MR) is 40.7 cm³/mol. The van der Waals surface area contributed by atoms with E-state index in [1.165, 1.54) is 0 Å². The summed E-state index contributed by atoms with van der Waals surface area (Å²) in [7, 11) is 0. The van der Waals surface area contributed by atoms with E-state index in [1.54, 1.807) is 0 Å². The zero-order valence-corrected chi connectivity index (χ0v) is 7.44. The zero-order chi connectivity index (χ0) is 8.65. The Kier molecular flexibility index (Phi) is 6.01. The molecule has 2 heteroatoms. The quantitative estimate of drug-likeness (QED) is 0.178. The molecule has 0 saturated carbocycles. The van der Waals surface area contributed by atoms with E-state index in [0.717, 1.165) is 0 Å². The molecule has 0 amide bonds. The van der Waals surface area contributed by atoms with E-state index < -0.39 is 0 Å². The molecule has 0 N–H and O–H groups in total. The molecule has 0 aromatic rings. The summed E-state index contributed by atoms with van der Waals surface area (Å²) >= 11 is 0. The van der Waals surface area contributed by atoms with Gasteiger partial charge in [-0.05, 0) is 23.7 Å². The van der Waals surface area contributed by atoms with Crippen LogP contribution in [-0.2, 0) is 17.1 Å². The van der Waals surface area contributed by atoms with Crippen molar-refractivity contribution in [2.75, 3.05) is 0 Å². The maximum absolute atomic E-state index is 9.77. The Bertz CT molecular complexity index is 418. The Hall–Kier alpha value is -1.74. The number of hydrogen-bond acceptors (Lipinski definition) is 1. The van der Waals surface area contributed by atoms with E-state index in [1.807, 2.05) is 0 Å². The van der Waals surface area contributed by atoms with Gasteiger partial charge < -0.3 is 5.11 Å². The summed E-state index contributed by atoms with van der Waals surface area (Å²) in [6.07, 6.45) is 5.66. The van der Waals surface area contributed by atoms with Crippen molar-refractivity contribution in [3.63, 3.8) is 0 Å². The van der Waals surface area contributed by atoms with Crippen LogP contribution in [0.4, 0.5) is 0 Å². The van der Waals surface area contributed by atoms with Crippen molar-refractivity contribution in [2.45, 2.75) is 0 Å². The van der Waals surface area contributed by atoms with Gasteiger partial charge in [0.25, 0.3) is 0 Å². The molecule has 0 aromatic heterocycles. The van der Waals surface area contributed by atoms with Gasteiger partial charge in [-0.15, -0.1) is 18.4 Å². The minimum atomic E-state index is 0. The molecule has 2 rings (SSSR count). The van der Waals surface area contributed by atoms with Crippen molar-refractivity contribution in [1.29, 1.82) is 0 Å². The summed E-state index contributed by atoms with van der Waals surface area (Å²) in [5, 5.41) is 9.77. The second kappa shape index (κ2) is 6.94. The molecular formula is C11HFeO. The van der Waals surface area contributed by atoms with Crippen LogP contribution in [0.2, 0.25) is 0 Å². The van der Waals surface area contributed by atoms with Gasteiger partial charge in [0.05, 0.1) is 5.57 Å². The fourth-order valence-corrected chi connectivity index (χ4v) is 0.444. The van der Waals surface area contributed by atoms with Crippen LogP contribution < -0.4 is 5.11 Å². The van der Waals surface area contributed by atoms with E-state index in [4.69, 9.17) is 0 Å². The first kappa shape index (κ1) is 11.3. The zero-order valence-electron chi connectivity index (χ0n) is 6.34. The molecule has 0 atom stereocenters. The van der Waals surface area contributed by atoms with Crippen molar-refractivity contribution >= 4 is 0 Å². The maximum atomic E-state index is 9.77. The topological polar surface area (TPSA) is 23.1 Å². The van der Waals surface area contributed by atoms with Crippen LogP contribution in [0.15, 0.2) is 29.0 Å². The summed E-state index contributed by atoms with van der Waals surface area (Å²) in [6, 6.07) is 0. The van der Waals surface area contributed by atoms with Gasteiger partial charge in [0, 0.05) is 0 Å². The van der Waals surface area contributed by atoms with E-state index in [-0.39, 0.29) is 17.1 Å². The molecule has 1 radical (unpaired) electrons. The van der Waals surface area contributed by atoms with E-state index in [0.29, 0.717) is 11.8 Å². The van der Waals surface area contributed by atoms with Crippen molar-refractivity contribution in [3.8, 4) is 23.7 Å². The van der Waals surface area contributed by atoms with Crippen LogP contribution in [0, 0.1) is 35.8 Å². The van der Waals surface area contributed by atoms with Gasteiger partial charge in [0.1, 0.15) is 0 Å². The first-order valence-corrected chi connectivity index (χ1v) is 3.02. The summed E-state index contributed by atoms with van der Waals surface area (Å²) in [6.45, 7) is 0. The van der Waals surface area contributed by atoms with E-state index in [2.05, 4.69) is 53.0 Å². The molecule has 0 aromatic carbocycles. The molecule has 0 aliphatic heterocycles. The first-order valence-electron chi connectivity index (χ1n) is 3.02. The van der Waals surface area contributed by atoms with E-state index >= 15 is 0 Å². The number of hydrogen-bond donors (Lipinski definition) is 0. The first-order chi connectivity index (χ1) is 5.93. The van der Waals surface area contributed by atoms with Crippen LogP contribution in [0.5, 0.6) is 0 Å². The van der Waals surface area contributed by atoms with Crippen LogP contribution in [-0.4, -0.2) is 0 Å². The third kappa shape index (κ3) is 4.66. The van der Waals surface area contributed by atoms with Gasteiger partial charge in [0.15, 0.2) is 0 Å². The molecule has 1 nitrogen and oxygen atoms in total.